The van der Waals surface area contributed by atoms with Gasteiger partial charge < -0.3 is 44.5 Å². The molecular formula is C23H29N6O15P3. The van der Waals surface area contributed by atoms with Crippen molar-refractivity contribution in [1.29, 1.82) is 5.26 Å². The lowest BCUT2D eigenvalue weighted by Crippen LogP contribution is -2.26. The lowest BCUT2D eigenvalue weighted by Gasteiger charge is -2.22. The van der Waals surface area contributed by atoms with Crippen LogP contribution in [0.15, 0.2) is 30.7 Å². The zero-order chi connectivity index (χ0) is 34.9. The number of hydrogen-bond donors (Lipinski definition) is 6. The predicted octanol–water partition coefficient (Wildman–Crippen LogP) is 2.70. The van der Waals surface area contributed by atoms with Gasteiger partial charge in [0.25, 0.3) is 5.69 Å². The van der Waals surface area contributed by atoms with Crippen molar-refractivity contribution in [3.8, 4) is 6.07 Å². The van der Waals surface area contributed by atoms with Gasteiger partial charge in [-0.05, 0) is 18.1 Å². The molecule has 0 aliphatic carbocycles. The SMILES string of the molecule is CC(C)C(OCc1cn([C@H]2C[C@H](O)[C@@H](COP(=O)(O)OP(=O)(O)OP(=O)(O)O)O2)c2ncnc(N)c12)c1cc(C#N)ccc1[N+](=O)[O-]. The lowest BCUT2D eigenvalue weighted by molar-refractivity contribution is -0.386. The van der Waals surface area contributed by atoms with E-state index in [2.05, 4.69) is 23.1 Å². The van der Waals surface area contributed by atoms with Crippen LogP contribution in [0.5, 0.6) is 0 Å². The number of hydrogen-bond acceptors (Lipinski definition) is 15. The molecular weight excluding hydrogens is 693 g/mol. The Morgan fingerprint density at radius 2 is 1.89 bits per heavy atom. The van der Waals surface area contributed by atoms with E-state index in [0.29, 0.717) is 10.9 Å². The van der Waals surface area contributed by atoms with Crippen LogP contribution in [0.3, 0.4) is 0 Å². The van der Waals surface area contributed by atoms with Gasteiger partial charge in [0, 0.05) is 24.2 Å². The van der Waals surface area contributed by atoms with Crippen LogP contribution in [-0.2, 0) is 42.9 Å². The minimum atomic E-state index is -5.75. The van der Waals surface area contributed by atoms with Crippen LogP contribution in [-0.4, -0.2) is 63.0 Å². The highest BCUT2D eigenvalue weighted by Gasteiger charge is 2.43. The first-order chi connectivity index (χ1) is 21.8. The van der Waals surface area contributed by atoms with Gasteiger partial charge in [-0.25, -0.2) is 23.7 Å². The van der Waals surface area contributed by atoms with Crippen molar-refractivity contribution in [2.45, 2.75) is 51.4 Å². The molecule has 1 aromatic carbocycles. The summed E-state index contributed by atoms with van der Waals surface area (Å²) in [4.78, 5) is 55.8. The number of nitrogens with two attached hydrogens (primary N) is 1. The number of phosphoric ester groups is 1. The summed E-state index contributed by atoms with van der Waals surface area (Å²) in [5, 5.41) is 32.0. The van der Waals surface area contributed by atoms with Crippen LogP contribution >= 0.6 is 23.5 Å². The molecule has 256 valence electrons. The third-order valence-corrected chi connectivity index (χ3v) is 10.5. The highest BCUT2D eigenvalue weighted by molar-refractivity contribution is 7.66. The maximum Gasteiger partial charge on any atom is 0.490 e. The van der Waals surface area contributed by atoms with E-state index in [9.17, 15) is 44.0 Å². The molecule has 3 heterocycles. The van der Waals surface area contributed by atoms with Gasteiger partial charge in [0.15, 0.2) is 0 Å². The topological polar surface area (TPSA) is 322 Å². The van der Waals surface area contributed by atoms with Gasteiger partial charge in [0.05, 0.1) is 52.9 Å². The first-order valence-corrected chi connectivity index (χ1v) is 17.8. The smallest absolute Gasteiger partial charge is 0.390 e. The minimum Gasteiger partial charge on any atom is -0.390 e. The Bertz CT molecular complexity index is 1840. The van der Waals surface area contributed by atoms with Crippen molar-refractivity contribution in [2.75, 3.05) is 12.3 Å². The third-order valence-electron chi connectivity index (χ3n) is 6.73. The van der Waals surface area contributed by atoms with Crippen LogP contribution in [0.4, 0.5) is 11.5 Å². The second-order valence-corrected chi connectivity index (χ2v) is 14.9. The maximum absolute atomic E-state index is 12.1. The number of aliphatic hydroxyl groups excluding tert-OH is 1. The van der Waals surface area contributed by atoms with Crippen LogP contribution in [0, 0.1) is 27.4 Å². The minimum absolute atomic E-state index is 0.0497. The Balaban J connectivity index is 1.55. The molecule has 7 N–H and O–H groups in total. The van der Waals surface area contributed by atoms with Gasteiger partial charge in [0.2, 0.25) is 0 Å². The number of fused-ring (bicyclic) bond motifs is 1. The summed E-state index contributed by atoms with van der Waals surface area (Å²) in [6, 6.07) is 5.91. The molecule has 0 amide bonds. The molecule has 24 heteroatoms. The Morgan fingerprint density at radius 3 is 2.51 bits per heavy atom. The summed E-state index contributed by atoms with van der Waals surface area (Å²) >= 11 is 0. The van der Waals surface area contributed by atoms with E-state index in [1.165, 1.54) is 35.3 Å². The van der Waals surface area contributed by atoms with Gasteiger partial charge in [-0.2, -0.15) is 13.9 Å². The Kier molecular flexibility index (Phi) is 11.0. The Labute approximate surface area is 265 Å². The number of anilines is 1. The fraction of sp³-hybridized carbons (Fsp3) is 0.435. The highest BCUT2D eigenvalue weighted by Crippen LogP contribution is 2.66. The summed E-state index contributed by atoms with van der Waals surface area (Å²) in [6.45, 7) is 2.52. The molecule has 3 unspecified atom stereocenters. The molecule has 0 radical (unpaired) electrons. The molecule has 1 aliphatic rings. The number of aromatic nitrogens is 3. The van der Waals surface area contributed by atoms with Crippen LogP contribution < -0.4 is 5.73 Å². The molecule has 1 aliphatic heterocycles. The third kappa shape index (κ3) is 9.04. The number of nitro groups is 1. The molecule has 1 fully saturated rings. The summed E-state index contributed by atoms with van der Waals surface area (Å²) in [6.07, 6.45) is -1.89. The lowest BCUT2D eigenvalue weighted by atomic mass is 9.95. The van der Waals surface area contributed by atoms with Crippen LogP contribution in [0.25, 0.3) is 11.0 Å². The maximum atomic E-state index is 12.1. The first-order valence-electron chi connectivity index (χ1n) is 13.3. The molecule has 47 heavy (non-hydrogen) atoms. The number of nitrogen functional groups attached to an aromatic ring is 1. The molecule has 2 aromatic heterocycles. The fourth-order valence-electron chi connectivity index (χ4n) is 4.86. The van der Waals surface area contributed by atoms with Crippen LogP contribution in [0.1, 0.15) is 49.3 Å². The number of ether oxygens (including phenoxy) is 2. The molecule has 0 spiro atoms. The predicted molar refractivity (Wildman–Crippen MR) is 156 cm³/mol. The number of benzene rings is 1. The van der Waals surface area contributed by atoms with Gasteiger partial charge in [-0.1, -0.05) is 13.8 Å². The van der Waals surface area contributed by atoms with Crippen molar-refractivity contribution < 1.29 is 65.9 Å². The summed E-state index contributed by atoms with van der Waals surface area (Å²) in [5.41, 5.74) is 6.98. The second kappa shape index (κ2) is 14.1. The monoisotopic (exact) mass is 722 g/mol. The number of nitro benzene ring substituents is 1. The molecule has 21 nitrogen and oxygen atoms in total. The highest BCUT2D eigenvalue weighted by atomic mass is 31.3. The number of nitrogens with zero attached hydrogens (tertiary/aromatic N) is 5. The van der Waals surface area contributed by atoms with Crippen molar-refractivity contribution in [3.63, 3.8) is 0 Å². The quantitative estimate of drug-likeness (QED) is 0.0791. The summed E-state index contributed by atoms with van der Waals surface area (Å²) < 4.78 is 59.9. The van der Waals surface area contributed by atoms with E-state index in [-0.39, 0.29) is 47.2 Å². The first kappa shape index (κ1) is 36.7. The largest absolute Gasteiger partial charge is 0.490 e. The average Bonchev–Trinajstić information content (AvgIpc) is 3.50. The van der Waals surface area contributed by atoms with Crippen LogP contribution in [0.2, 0.25) is 0 Å². The van der Waals surface area contributed by atoms with Gasteiger partial charge in [0.1, 0.15) is 30.1 Å². The van der Waals surface area contributed by atoms with Crippen molar-refractivity contribution in [3.05, 3.63) is 57.5 Å². The Hall–Kier alpha value is -3.18. The standard InChI is InChI=1S/C23H29N6O15P3/c1-12(2)21(15-5-13(7-24)3-4-16(15)29(31)32)40-9-14-8-28(23-20(14)22(25)26-11-27-23)19-6-17(30)18(42-19)10-41-46(36,37)44-47(38,39)43-45(33,34)35/h3-5,8,11-12,17-19,21,30H,6,9-10H2,1-2H3,(H,36,37)(H,38,39)(H2,25,26,27)(H2,33,34,35)/t17-,18+,19+,21?/m0/s1. The number of aliphatic hydroxyl groups is 1. The summed E-state index contributed by atoms with van der Waals surface area (Å²) in [5.74, 6) is -0.234. The van der Waals surface area contributed by atoms with E-state index in [4.69, 9.17) is 25.0 Å². The van der Waals surface area contributed by atoms with Crippen molar-refractivity contribution >= 4 is 46.0 Å². The second-order valence-electron chi connectivity index (χ2n) is 10.5. The zero-order valence-electron chi connectivity index (χ0n) is 24.4. The summed E-state index contributed by atoms with van der Waals surface area (Å²) in [7, 11) is -16.8. The molecule has 1 saturated heterocycles. The number of nitriles is 1. The molecule has 0 bridgehead atoms. The van der Waals surface area contributed by atoms with Crippen molar-refractivity contribution in [1.82, 2.24) is 14.5 Å². The van der Waals surface area contributed by atoms with Crippen molar-refractivity contribution in [2.24, 2.45) is 5.92 Å². The number of phosphoric acid groups is 3. The number of rotatable bonds is 14. The van der Waals surface area contributed by atoms with E-state index < -0.39 is 59.5 Å². The van der Waals surface area contributed by atoms with Gasteiger partial charge in [-0.15, -0.1) is 0 Å². The van der Waals surface area contributed by atoms with E-state index >= 15 is 0 Å². The van der Waals surface area contributed by atoms with Gasteiger partial charge in [-0.3, -0.25) is 14.6 Å². The van der Waals surface area contributed by atoms with E-state index in [1.807, 2.05) is 6.07 Å². The normalized spacial score (nSPS) is 21.7. The molecule has 6 atom stereocenters. The van der Waals surface area contributed by atoms with Gasteiger partial charge >= 0.3 is 23.5 Å². The fourth-order valence-corrected chi connectivity index (χ4v) is 7.89. The molecule has 3 aromatic rings. The van der Waals surface area contributed by atoms with E-state index in [0.717, 1.165) is 0 Å². The molecule has 4 rings (SSSR count). The molecule has 0 saturated carbocycles. The Morgan fingerprint density at radius 1 is 1.19 bits per heavy atom. The van der Waals surface area contributed by atoms with E-state index in [1.54, 1.807) is 13.8 Å². The average molecular weight is 722 g/mol. The zero-order valence-corrected chi connectivity index (χ0v) is 27.1.